The first-order valence-electron chi connectivity index (χ1n) is 9.26. The Hall–Kier alpha value is -3.13. The van der Waals surface area contributed by atoms with Crippen molar-refractivity contribution in [3.63, 3.8) is 0 Å². The van der Waals surface area contributed by atoms with Gasteiger partial charge in [-0.2, -0.15) is 10.1 Å². The minimum absolute atomic E-state index is 0.499. The summed E-state index contributed by atoms with van der Waals surface area (Å²) in [5, 5.41) is 14.5. The molecule has 1 aliphatic rings. The van der Waals surface area contributed by atoms with Crippen LogP contribution in [0.4, 0.5) is 17.6 Å². The zero-order chi connectivity index (χ0) is 18.9. The third-order valence-corrected chi connectivity index (χ3v) is 5.52. The van der Waals surface area contributed by atoms with E-state index in [1.165, 1.54) is 25.0 Å². The lowest BCUT2D eigenvalue weighted by molar-refractivity contribution is 0.410. The van der Waals surface area contributed by atoms with E-state index in [2.05, 4.69) is 46.8 Å². The lowest BCUT2D eigenvalue weighted by Crippen LogP contribution is -2.08. The van der Waals surface area contributed by atoms with E-state index in [1.807, 2.05) is 18.2 Å². The Kier molecular flexibility index (Phi) is 4.32. The fourth-order valence-electron chi connectivity index (χ4n) is 3.30. The first-order chi connectivity index (χ1) is 13.8. The Morgan fingerprint density at radius 1 is 1.14 bits per heavy atom. The highest BCUT2D eigenvalue weighted by Crippen LogP contribution is 2.36. The summed E-state index contributed by atoms with van der Waals surface area (Å²) in [7, 11) is 0. The van der Waals surface area contributed by atoms with Crippen LogP contribution in [0.3, 0.4) is 0 Å². The van der Waals surface area contributed by atoms with Crippen LogP contribution in [0.15, 0.2) is 36.8 Å². The Bertz CT molecular complexity index is 1110. The number of rotatable bonds is 6. The number of imidazole rings is 1. The van der Waals surface area contributed by atoms with E-state index in [9.17, 15) is 0 Å². The average Bonchev–Trinajstić information content (AvgIpc) is 3.30. The summed E-state index contributed by atoms with van der Waals surface area (Å²) in [6.45, 7) is 0.499. The minimum Gasteiger partial charge on any atom is -0.350 e. The Labute approximate surface area is 166 Å². The molecule has 0 spiro atoms. The van der Waals surface area contributed by atoms with Gasteiger partial charge in [0, 0.05) is 30.4 Å². The van der Waals surface area contributed by atoms with Crippen LogP contribution in [-0.4, -0.2) is 30.1 Å². The number of nitrogens with zero attached hydrogens (tertiary/aromatic N) is 4. The molecule has 9 heteroatoms. The first-order valence-corrected chi connectivity index (χ1v) is 9.64. The van der Waals surface area contributed by atoms with Gasteiger partial charge in [-0.15, -0.1) is 0 Å². The third-order valence-electron chi connectivity index (χ3n) is 5.10. The fraction of sp³-hybridized carbons (Fsp3) is 0.263. The molecule has 0 atom stereocenters. The highest BCUT2D eigenvalue weighted by Gasteiger charge is 2.21. The smallest absolute Gasteiger partial charge is 0.224 e. The SMILES string of the molecule is Clc1c(CNc2nccc(Nc3cc(C4CCC4)[nH]n3)n2)ccc2[nH]cnc12. The highest BCUT2D eigenvalue weighted by molar-refractivity contribution is 6.35. The summed E-state index contributed by atoms with van der Waals surface area (Å²) in [5.41, 5.74) is 3.79. The highest BCUT2D eigenvalue weighted by atomic mass is 35.5. The van der Waals surface area contributed by atoms with Crippen LogP contribution in [0.1, 0.15) is 36.4 Å². The number of benzene rings is 1. The van der Waals surface area contributed by atoms with Crippen molar-refractivity contribution in [3.8, 4) is 0 Å². The lowest BCUT2D eigenvalue weighted by Gasteiger charge is -2.23. The van der Waals surface area contributed by atoms with Gasteiger partial charge >= 0.3 is 0 Å². The molecular formula is C19H19ClN8. The Morgan fingerprint density at radius 2 is 2.07 bits per heavy atom. The molecule has 142 valence electrons. The number of anilines is 3. The van der Waals surface area contributed by atoms with Crippen molar-refractivity contribution in [1.82, 2.24) is 30.1 Å². The van der Waals surface area contributed by atoms with Crippen LogP contribution in [-0.2, 0) is 6.54 Å². The van der Waals surface area contributed by atoms with E-state index < -0.39 is 0 Å². The maximum atomic E-state index is 6.44. The first kappa shape index (κ1) is 17.0. The summed E-state index contributed by atoms with van der Waals surface area (Å²) >= 11 is 6.44. The van der Waals surface area contributed by atoms with Crippen LogP contribution in [0.5, 0.6) is 0 Å². The Balaban J connectivity index is 1.27. The predicted octanol–water partition coefficient (Wildman–Crippen LogP) is 4.35. The number of hydrogen-bond donors (Lipinski definition) is 4. The summed E-state index contributed by atoms with van der Waals surface area (Å²) in [6, 6.07) is 7.79. The number of aromatic nitrogens is 6. The molecule has 1 fully saturated rings. The maximum Gasteiger partial charge on any atom is 0.224 e. The monoisotopic (exact) mass is 394 g/mol. The van der Waals surface area contributed by atoms with Gasteiger partial charge in [0.25, 0.3) is 0 Å². The second-order valence-electron chi connectivity index (χ2n) is 6.92. The van der Waals surface area contributed by atoms with Crippen molar-refractivity contribution < 1.29 is 0 Å². The van der Waals surface area contributed by atoms with Crippen molar-refractivity contribution in [2.45, 2.75) is 31.7 Å². The number of nitrogens with one attached hydrogen (secondary N) is 4. The van der Waals surface area contributed by atoms with Gasteiger partial charge in [-0.05, 0) is 30.5 Å². The largest absolute Gasteiger partial charge is 0.350 e. The maximum absolute atomic E-state index is 6.44. The van der Waals surface area contributed by atoms with Crippen LogP contribution in [0.25, 0.3) is 11.0 Å². The van der Waals surface area contributed by atoms with Gasteiger partial charge in [-0.25, -0.2) is 9.97 Å². The van der Waals surface area contributed by atoms with Crippen molar-refractivity contribution in [2.75, 3.05) is 10.6 Å². The molecule has 8 nitrogen and oxygen atoms in total. The van der Waals surface area contributed by atoms with E-state index in [0.717, 1.165) is 22.4 Å². The molecule has 3 heterocycles. The second kappa shape index (κ2) is 7.12. The summed E-state index contributed by atoms with van der Waals surface area (Å²) in [4.78, 5) is 16.1. The molecule has 4 aromatic rings. The van der Waals surface area contributed by atoms with Gasteiger partial charge in [0.1, 0.15) is 11.3 Å². The van der Waals surface area contributed by atoms with Gasteiger partial charge in [0.2, 0.25) is 5.95 Å². The zero-order valence-electron chi connectivity index (χ0n) is 15.0. The Morgan fingerprint density at radius 3 is 2.93 bits per heavy atom. The number of halogens is 1. The molecule has 3 aromatic heterocycles. The zero-order valence-corrected chi connectivity index (χ0v) is 15.8. The predicted molar refractivity (Wildman–Crippen MR) is 109 cm³/mol. The topological polar surface area (TPSA) is 107 Å². The molecule has 28 heavy (non-hydrogen) atoms. The lowest BCUT2D eigenvalue weighted by atomic mass is 9.83. The molecule has 0 aliphatic heterocycles. The molecule has 1 saturated carbocycles. The van der Waals surface area contributed by atoms with Gasteiger partial charge in [0.15, 0.2) is 5.82 Å². The van der Waals surface area contributed by atoms with Gasteiger partial charge in [0.05, 0.1) is 16.9 Å². The van der Waals surface area contributed by atoms with Gasteiger partial charge < -0.3 is 15.6 Å². The number of hydrogen-bond acceptors (Lipinski definition) is 6. The molecule has 4 N–H and O–H groups in total. The molecule has 0 saturated heterocycles. The van der Waals surface area contributed by atoms with Gasteiger partial charge in [-0.3, -0.25) is 5.10 Å². The second-order valence-corrected chi connectivity index (χ2v) is 7.30. The molecule has 1 aliphatic carbocycles. The number of aromatic amines is 2. The molecule has 5 rings (SSSR count). The molecule has 0 amide bonds. The average molecular weight is 395 g/mol. The standard InChI is InChI=1S/C19H19ClN8/c20-17-12(4-5-13-18(17)24-10-23-13)9-22-19-21-7-6-15(26-19)25-16-8-14(27-28-16)11-2-1-3-11/h4-8,10-11H,1-3,9H2,(H,23,24)(H3,21,22,25,26,27,28). The van der Waals surface area contributed by atoms with E-state index in [-0.39, 0.29) is 0 Å². The fourth-order valence-corrected chi connectivity index (χ4v) is 3.58. The van der Waals surface area contributed by atoms with Crippen molar-refractivity contribution in [2.24, 2.45) is 0 Å². The van der Waals surface area contributed by atoms with Crippen molar-refractivity contribution in [3.05, 3.63) is 53.1 Å². The number of fused-ring (bicyclic) bond motifs is 1. The van der Waals surface area contributed by atoms with Crippen LogP contribution in [0, 0.1) is 0 Å². The van der Waals surface area contributed by atoms with Crippen LogP contribution < -0.4 is 10.6 Å². The van der Waals surface area contributed by atoms with Crippen molar-refractivity contribution >= 4 is 40.2 Å². The van der Waals surface area contributed by atoms with Crippen LogP contribution in [0.2, 0.25) is 5.02 Å². The molecule has 0 unspecified atom stereocenters. The van der Waals surface area contributed by atoms with E-state index in [0.29, 0.717) is 29.3 Å². The van der Waals surface area contributed by atoms with Crippen molar-refractivity contribution in [1.29, 1.82) is 0 Å². The molecule has 0 radical (unpaired) electrons. The molecule has 1 aromatic carbocycles. The summed E-state index contributed by atoms with van der Waals surface area (Å²) in [5.74, 6) is 2.57. The molecule has 0 bridgehead atoms. The van der Waals surface area contributed by atoms with E-state index in [1.54, 1.807) is 12.5 Å². The summed E-state index contributed by atoms with van der Waals surface area (Å²) in [6.07, 6.45) is 7.10. The molecular weight excluding hydrogens is 376 g/mol. The normalized spacial score (nSPS) is 14.2. The van der Waals surface area contributed by atoms with E-state index >= 15 is 0 Å². The summed E-state index contributed by atoms with van der Waals surface area (Å²) < 4.78 is 0. The number of H-pyrrole nitrogens is 2. The minimum atomic E-state index is 0.499. The van der Waals surface area contributed by atoms with Crippen LogP contribution >= 0.6 is 11.6 Å². The quantitative estimate of drug-likeness (QED) is 0.387. The van der Waals surface area contributed by atoms with E-state index in [4.69, 9.17) is 11.6 Å². The third kappa shape index (κ3) is 3.27. The van der Waals surface area contributed by atoms with Gasteiger partial charge in [-0.1, -0.05) is 24.1 Å².